The molecular formula is C18H24N4. The maximum Gasteiger partial charge on any atom is 0.191 e. The molecule has 0 fully saturated rings. The van der Waals surface area contributed by atoms with Crippen LogP contribution in [0.1, 0.15) is 23.7 Å². The molecule has 0 unspecified atom stereocenters. The molecule has 0 aliphatic heterocycles. The summed E-state index contributed by atoms with van der Waals surface area (Å²) >= 11 is 0. The highest BCUT2D eigenvalue weighted by molar-refractivity contribution is 5.79. The zero-order chi connectivity index (χ0) is 15.6. The summed E-state index contributed by atoms with van der Waals surface area (Å²) < 4.78 is 0. The van der Waals surface area contributed by atoms with Gasteiger partial charge in [-0.2, -0.15) is 0 Å². The van der Waals surface area contributed by atoms with Gasteiger partial charge in [-0.1, -0.05) is 35.9 Å². The van der Waals surface area contributed by atoms with Crippen molar-refractivity contribution in [1.29, 1.82) is 0 Å². The van der Waals surface area contributed by atoms with Crippen LogP contribution >= 0.6 is 0 Å². The SMILES string of the molecule is CCNC(=NCc1cccc(C)c1)NCCc1ccccn1. The number of hydrogen-bond donors (Lipinski definition) is 2. The van der Waals surface area contributed by atoms with Crippen molar-refractivity contribution in [2.45, 2.75) is 26.8 Å². The fourth-order valence-electron chi connectivity index (χ4n) is 2.18. The minimum absolute atomic E-state index is 0.681. The van der Waals surface area contributed by atoms with Crippen LogP contribution in [0.5, 0.6) is 0 Å². The average Bonchev–Trinajstić information content (AvgIpc) is 2.54. The van der Waals surface area contributed by atoms with Crippen molar-refractivity contribution < 1.29 is 0 Å². The standard InChI is InChI=1S/C18H24N4/c1-3-19-18(21-12-10-17-9-4-5-11-20-17)22-14-16-8-6-7-15(2)13-16/h4-9,11,13H,3,10,12,14H2,1-2H3,(H2,19,21,22). The van der Waals surface area contributed by atoms with Crippen LogP contribution in [0.2, 0.25) is 0 Å². The van der Waals surface area contributed by atoms with E-state index in [0.717, 1.165) is 31.2 Å². The van der Waals surface area contributed by atoms with Crippen molar-refractivity contribution in [2.24, 2.45) is 4.99 Å². The first-order valence-electron chi connectivity index (χ1n) is 7.75. The number of guanidine groups is 1. The highest BCUT2D eigenvalue weighted by atomic mass is 15.2. The Morgan fingerprint density at radius 3 is 2.77 bits per heavy atom. The minimum Gasteiger partial charge on any atom is -0.357 e. The van der Waals surface area contributed by atoms with E-state index >= 15 is 0 Å². The van der Waals surface area contributed by atoms with Crippen molar-refractivity contribution in [2.75, 3.05) is 13.1 Å². The molecule has 22 heavy (non-hydrogen) atoms. The molecule has 1 aromatic heterocycles. The minimum atomic E-state index is 0.681. The van der Waals surface area contributed by atoms with Gasteiger partial charge >= 0.3 is 0 Å². The molecule has 2 rings (SSSR count). The second-order valence-corrected chi connectivity index (χ2v) is 5.18. The third kappa shape index (κ3) is 5.56. The Hall–Kier alpha value is -2.36. The zero-order valence-corrected chi connectivity index (χ0v) is 13.3. The van der Waals surface area contributed by atoms with Crippen molar-refractivity contribution in [3.8, 4) is 0 Å². The van der Waals surface area contributed by atoms with Gasteiger partial charge in [-0.25, -0.2) is 4.99 Å². The Morgan fingerprint density at radius 1 is 1.14 bits per heavy atom. The Morgan fingerprint density at radius 2 is 2.05 bits per heavy atom. The maximum absolute atomic E-state index is 4.63. The van der Waals surface area contributed by atoms with Crippen LogP contribution in [-0.4, -0.2) is 24.0 Å². The monoisotopic (exact) mass is 296 g/mol. The van der Waals surface area contributed by atoms with Crippen LogP contribution in [-0.2, 0) is 13.0 Å². The molecule has 0 atom stereocenters. The van der Waals surface area contributed by atoms with E-state index in [9.17, 15) is 0 Å². The molecule has 0 bridgehead atoms. The van der Waals surface area contributed by atoms with Gasteiger partial charge in [0.2, 0.25) is 0 Å². The number of nitrogens with one attached hydrogen (secondary N) is 2. The highest BCUT2D eigenvalue weighted by Gasteiger charge is 1.99. The smallest absolute Gasteiger partial charge is 0.191 e. The zero-order valence-electron chi connectivity index (χ0n) is 13.3. The van der Waals surface area contributed by atoms with E-state index in [0.29, 0.717) is 6.54 Å². The summed E-state index contributed by atoms with van der Waals surface area (Å²) in [7, 11) is 0. The summed E-state index contributed by atoms with van der Waals surface area (Å²) in [5.74, 6) is 0.847. The molecule has 0 aliphatic rings. The predicted octanol–water partition coefficient (Wildman–Crippen LogP) is 2.69. The van der Waals surface area contributed by atoms with E-state index in [1.165, 1.54) is 11.1 Å². The summed E-state index contributed by atoms with van der Waals surface area (Å²) in [6.07, 6.45) is 2.71. The third-order valence-electron chi connectivity index (χ3n) is 3.25. The van der Waals surface area contributed by atoms with Gasteiger partial charge in [0.25, 0.3) is 0 Å². The molecule has 0 saturated heterocycles. The van der Waals surface area contributed by atoms with Crippen LogP contribution < -0.4 is 10.6 Å². The van der Waals surface area contributed by atoms with Crippen LogP contribution in [0.4, 0.5) is 0 Å². The maximum atomic E-state index is 4.63. The van der Waals surface area contributed by atoms with E-state index in [1.807, 2.05) is 24.4 Å². The second-order valence-electron chi connectivity index (χ2n) is 5.18. The topological polar surface area (TPSA) is 49.3 Å². The molecule has 2 aromatic rings. The van der Waals surface area contributed by atoms with E-state index in [1.54, 1.807) is 0 Å². The number of aliphatic imine (C=N–C) groups is 1. The number of aromatic nitrogens is 1. The lowest BCUT2D eigenvalue weighted by atomic mass is 10.1. The quantitative estimate of drug-likeness (QED) is 0.636. The largest absolute Gasteiger partial charge is 0.357 e. The lowest BCUT2D eigenvalue weighted by Crippen LogP contribution is -2.38. The van der Waals surface area contributed by atoms with Crippen molar-refractivity contribution in [3.63, 3.8) is 0 Å². The predicted molar refractivity (Wildman–Crippen MR) is 91.9 cm³/mol. The molecule has 1 heterocycles. The van der Waals surface area contributed by atoms with Gasteiger partial charge in [-0.05, 0) is 31.5 Å². The van der Waals surface area contributed by atoms with Crippen molar-refractivity contribution in [1.82, 2.24) is 15.6 Å². The Labute approximate surface area is 132 Å². The fraction of sp³-hybridized carbons (Fsp3) is 0.333. The summed E-state index contributed by atoms with van der Waals surface area (Å²) in [6.45, 7) is 6.52. The molecule has 2 N–H and O–H groups in total. The van der Waals surface area contributed by atoms with Gasteiger partial charge in [-0.15, -0.1) is 0 Å². The number of pyridine rings is 1. The highest BCUT2D eigenvalue weighted by Crippen LogP contribution is 2.05. The van der Waals surface area contributed by atoms with Crippen LogP contribution in [0.3, 0.4) is 0 Å². The molecule has 0 spiro atoms. The van der Waals surface area contributed by atoms with Crippen LogP contribution in [0, 0.1) is 6.92 Å². The first-order chi connectivity index (χ1) is 10.8. The number of rotatable bonds is 6. The molecule has 4 heteroatoms. The van der Waals surface area contributed by atoms with E-state index in [2.05, 4.69) is 58.7 Å². The first kappa shape index (κ1) is 16.0. The third-order valence-corrected chi connectivity index (χ3v) is 3.25. The van der Waals surface area contributed by atoms with Crippen molar-refractivity contribution in [3.05, 3.63) is 65.5 Å². The summed E-state index contributed by atoms with van der Waals surface area (Å²) in [4.78, 5) is 8.95. The molecule has 0 amide bonds. The molecular weight excluding hydrogens is 272 g/mol. The molecule has 116 valence electrons. The lowest BCUT2D eigenvalue weighted by Gasteiger charge is -2.11. The molecule has 0 radical (unpaired) electrons. The van der Waals surface area contributed by atoms with Gasteiger partial charge in [0.15, 0.2) is 5.96 Å². The van der Waals surface area contributed by atoms with E-state index in [4.69, 9.17) is 0 Å². The summed E-state index contributed by atoms with van der Waals surface area (Å²) in [5, 5.41) is 6.63. The number of aryl methyl sites for hydroxylation is 1. The van der Waals surface area contributed by atoms with Gasteiger partial charge in [0.1, 0.15) is 0 Å². The van der Waals surface area contributed by atoms with E-state index < -0.39 is 0 Å². The molecule has 1 aromatic carbocycles. The average molecular weight is 296 g/mol. The normalized spacial score (nSPS) is 11.3. The summed E-state index contributed by atoms with van der Waals surface area (Å²) in [6, 6.07) is 14.4. The number of benzene rings is 1. The summed E-state index contributed by atoms with van der Waals surface area (Å²) in [5.41, 5.74) is 3.58. The number of hydrogen-bond acceptors (Lipinski definition) is 2. The molecule has 4 nitrogen and oxygen atoms in total. The Balaban J connectivity index is 1.87. The van der Waals surface area contributed by atoms with Crippen LogP contribution in [0.25, 0.3) is 0 Å². The van der Waals surface area contributed by atoms with Gasteiger partial charge < -0.3 is 10.6 Å². The fourth-order valence-corrected chi connectivity index (χ4v) is 2.18. The second kappa shape index (κ2) is 8.82. The lowest BCUT2D eigenvalue weighted by molar-refractivity contribution is 0.788. The van der Waals surface area contributed by atoms with Gasteiger partial charge in [0, 0.05) is 31.4 Å². The molecule has 0 saturated carbocycles. The number of nitrogens with zero attached hydrogens (tertiary/aromatic N) is 2. The Kier molecular flexibility index (Phi) is 6.42. The molecule has 0 aliphatic carbocycles. The van der Waals surface area contributed by atoms with Gasteiger partial charge in [-0.3, -0.25) is 4.98 Å². The van der Waals surface area contributed by atoms with Gasteiger partial charge in [0.05, 0.1) is 6.54 Å². The van der Waals surface area contributed by atoms with Crippen LogP contribution in [0.15, 0.2) is 53.7 Å². The first-order valence-corrected chi connectivity index (χ1v) is 7.75. The van der Waals surface area contributed by atoms with E-state index in [-0.39, 0.29) is 0 Å². The Bertz CT molecular complexity index is 593. The van der Waals surface area contributed by atoms with Crippen molar-refractivity contribution >= 4 is 5.96 Å².